The number of nitrogens with zero attached hydrogens (tertiary/aromatic N) is 2. The number of rotatable bonds is 4. The Hall–Kier alpha value is -2.26. The Bertz CT molecular complexity index is 721. The number of nitrogen functional groups attached to an aromatic ring is 1. The molecule has 0 aliphatic rings. The molecular weight excluding hydrogens is 284 g/mol. The van der Waals surface area contributed by atoms with Crippen molar-refractivity contribution in [2.75, 3.05) is 11.1 Å². The zero-order valence-electron chi connectivity index (χ0n) is 12.4. The fourth-order valence-corrected chi connectivity index (χ4v) is 3.17. The quantitative estimate of drug-likeness (QED) is 0.909. The molecule has 0 aliphatic carbocycles. The summed E-state index contributed by atoms with van der Waals surface area (Å²) in [5, 5.41) is 12.6. The van der Waals surface area contributed by atoms with Crippen LogP contribution >= 0.6 is 11.3 Å². The Morgan fingerprint density at radius 3 is 2.86 bits per heavy atom. The minimum Gasteiger partial charge on any atom is -0.397 e. The average Bonchev–Trinajstić information content (AvgIpc) is 2.92. The molecule has 2 rings (SSSR count). The van der Waals surface area contributed by atoms with Gasteiger partial charge in [-0.1, -0.05) is 6.92 Å². The minimum absolute atomic E-state index is 0.238. The number of thiophene rings is 1. The molecule has 2 aromatic rings. The third-order valence-electron chi connectivity index (χ3n) is 3.34. The molecule has 6 heteroatoms. The first-order valence-corrected chi connectivity index (χ1v) is 7.56. The van der Waals surface area contributed by atoms with E-state index in [0.717, 1.165) is 23.4 Å². The van der Waals surface area contributed by atoms with Gasteiger partial charge in [0.15, 0.2) is 0 Å². The van der Waals surface area contributed by atoms with E-state index in [1.54, 1.807) is 12.3 Å². The van der Waals surface area contributed by atoms with Crippen LogP contribution in [0, 0.1) is 25.2 Å². The topological polar surface area (TPSA) is 83.8 Å². The number of hydrogen-bond acceptors (Lipinski definition) is 4. The fourth-order valence-electron chi connectivity index (χ4n) is 2.17. The van der Waals surface area contributed by atoms with Crippen molar-refractivity contribution in [2.45, 2.75) is 33.7 Å². The molecule has 0 fully saturated rings. The smallest absolute Gasteiger partial charge is 0.272 e. The standard InChI is InChI=1S/C15H18N4OS/c1-4-5-19-8-11(17)6-13(19)14(20)18-15-12(7-16)9(2)10(3)21-15/h6,8H,4-5,17H2,1-3H3,(H,18,20). The van der Waals surface area contributed by atoms with Crippen molar-refractivity contribution in [1.29, 1.82) is 5.26 Å². The molecule has 1 amide bonds. The van der Waals surface area contributed by atoms with E-state index in [1.165, 1.54) is 11.3 Å². The van der Waals surface area contributed by atoms with Gasteiger partial charge in [-0.25, -0.2) is 0 Å². The molecule has 0 saturated carbocycles. The summed E-state index contributed by atoms with van der Waals surface area (Å²) in [5.41, 5.74) is 8.31. The van der Waals surface area contributed by atoms with Gasteiger partial charge in [-0.15, -0.1) is 11.3 Å². The second-order valence-corrected chi connectivity index (χ2v) is 6.13. The van der Waals surface area contributed by atoms with E-state index in [2.05, 4.69) is 11.4 Å². The van der Waals surface area contributed by atoms with Crippen LogP contribution < -0.4 is 11.1 Å². The second kappa shape index (κ2) is 6.02. The molecule has 0 unspecified atom stereocenters. The Morgan fingerprint density at radius 1 is 1.52 bits per heavy atom. The van der Waals surface area contributed by atoms with Crippen molar-refractivity contribution < 1.29 is 4.79 Å². The van der Waals surface area contributed by atoms with E-state index in [4.69, 9.17) is 5.73 Å². The highest BCUT2D eigenvalue weighted by Crippen LogP contribution is 2.32. The first-order chi connectivity index (χ1) is 9.97. The van der Waals surface area contributed by atoms with Gasteiger partial charge in [0.25, 0.3) is 5.91 Å². The van der Waals surface area contributed by atoms with Crippen molar-refractivity contribution in [3.8, 4) is 6.07 Å². The summed E-state index contributed by atoms with van der Waals surface area (Å²) in [6.45, 7) is 6.59. The lowest BCUT2D eigenvalue weighted by Crippen LogP contribution is -2.16. The van der Waals surface area contributed by atoms with Gasteiger partial charge in [-0.3, -0.25) is 4.79 Å². The van der Waals surface area contributed by atoms with Gasteiger partial charge in [0.1, 0.15) is 16.8 Å². The lowest BCUT2D eigenvalue weighted by Gasteiger charge is -2.07. The highest BCUT2D eigenvalue weighted by molar-refractivity contribution is 7.16. The van der Waals surface area contributed by atoms with E-state index >= 15 is 0 Å². The van der Waals surface area contributed by atoms with Gasteiger partial charge < -0.3 is 15.6 Å². The van der Waals surface area contributed by atoms with E-state index in [-0.39, 0.29) is 5.91 Å². The maximum atomic E-state index is 12.4. The predicted molar refractivity (Wildman–Crippen MR) is 85.6 cm³/mol. The van der Waals surface area contributed by atoms with Crippen molar-refractivity contribution in [1.82, 2.24) is 4.57 Å². The summed E-state index contributed by atoms with van der Waals surface area (Å²) in [7, 11) is 0. The number of carbonyl (C=O) groups excluding carboxylic acids is 1. The number of carbonyl (C=O) groups is 1. The normalized spacial score (nSPS) is 10.4. The van der Waals surface area contributed by atoms with E-state index in [1.807, 2.05) is 25.3 Å². The Labute approximate surface area is 128 Å². The number of nitrogens with two attached hydrogens (primary N) is 1. The van der Waals surface area contributed by atoms with Gasteiger partial charge in [0.05, 0.1) is 11.3 Å². The molecule has 0 spiro atoms. The molecule has 110 valence electrons. The summed E-state index contributed by atoms with van der Waals surface area (Å²) < 4.78 is 1.84. The summed E-state index contributed by atoms with van der Waals surface area (Å²) in [6, 6.07) is 3.81. The zero-order chi connectivity index (χ0) is 15.6. The van der Waals surface area contributed by atoms with Crippen LogP contribution in [0.25, 0.3) is 0 Å². The predicted octanol–water partition coefficient (Wildman–Crippen LogP) is 3.28. The third kappa shape index (κ3) is 2.93. The van der Waals surface area contributed by atoms with Gasteiger partial charge in [-0.05, 0) is 31.9 Å². The SMILES string of the molecule is CCCn1cc(N)cc1C(=O)Nc1sc(C)c(C)c1C#N. The van der Waals surface area contributed by atoms with Crippen molar-refractivity contribution in [3.05, 3.63) is 34.0 Å². The molecule has 0 saturated heterocycles. The van der Waals surface area contributed by atoms with E-state index in [0.29, 0.717) is 21.9 Å². The summed E-state index contributed by atoms with van der Waals surface area (Å²) in [6.07, 6.45) is 2.67. The van der Waals surface area contributed by atoms with E-state index in [9.17, 15) is 10.1 Å². The van der Waals surface area contributed by atoms with Crippen LogP contribution in [0.5, 0.6) is 0 Å². The number of hydrogen-bond donors (Lipinski definition) is 2. The number of aryl methyl sites for hydroxylation is 2. The van der Waals surface area contributed by atoms with Gasteiger partial charge in [-0.2, -0.15) is 5.26 Å². The number of amides is 1. The molecule has 2 heterocycles. The van der Waals surface area contributed by atoms with Crippen LogP contribution in [0.4, 0.5) is 10.7 Å². The highest BCUT2D eigenvalue weighted by Gasteiger charge is 2.18. The Kier molecular flexibility index (Phi) is 4.34. The lowest BCUT2D eigenvalue weighted by atomic mass is 10.2. The molecule has 21 heavy (non-hydrogen) atoms. The summed E-state index contributed by atoms with van der Waals surface area (Å²) >= 11 is 1.42. The molecule has 0 atom stereocenters. The minimum atomic E-state index is -0.238. The molecule has 0 aromatic carbocycles. The first-order valence-electron chi connectivity index (χ1n) is 6.75. The van der Waals surface area contributed by atoms with Gasteiger partial charge in [0, 0.05) is 17.6 Å². The molecular formula is C15H18N4OS. The summed E-state index contributed by atoms with van der Waals surface area (Å²) in [4.78, 5) is 13.5. The second-order valence-electron chi connectivity index (χ2n) is 4.91. The largest absolute Gasteiger partial charge is 0.397 e. The fraction of sp³-hybridized carbons (Fsp3) is 0.333. The number of nitriles is 1. The monoisotopic (exact) mass is 302 g/mol. The van der Waals surface area contributed by atoms with Gasteiger partial charge >= 0.3 is 0 Å². The number of aromatic nitrogens is 1. The van der Waals surface area contributed by atoms with Crippen molar-refractivity contribution in [3.63, 3.8) is 0 Å². The summed E-state index contributed by atoms with van der Waals surface area (Å²) in [5.74, 6) is -0.238. The van der Waals surface area contributed by atoms with Crippen LogP contribution in [0.2, 0.25) is 0 Å². The lowest BCUT2D eigenvalue weighted by molar-refractivity contribution is 0.101. The van der Waals surface area contributed by atoms with Crippen LogP contribution in [0.1, 0.15) is 39.8 Å². The molecule has 0 bridgehead atoms. The molecule has 0 aliphatic heterocycles. The molecule has 0 radical (unpaired) electrons. The van der Waals surface area contributed by atoms with Gasteiger partial charge in [0.2, 0.25) is 0 Å². The van der Waals surface area contributed by atoms with Crippen LogP contribution in [0.15, 0.2) is 12.3 Å². The number of anilines is 2. The van der Waals surface area contributed by atoms with Crippen LogP contribution in [-0.2, 0) is 6.54 Å². The maximum absolute atomic E-state index is 12.4. The Morgan fingerprint density at radius 2 is 2.24 bits per heavy atom. The Balaban J connectivity index is 2.31. The van der Waals surface area contributed by atoms with Crippen molar-refractivity contribution >= 4 is 27.9 Å². The molecule has 2 aromatic heterocycles. The average molecular weight is 302 g/mol. The van der Waals surface area contributed by atoms with Crippen molar-refractivity contribution in [2.24, 2.45) is 0 Å². The molecule has 5 nitrogen and oxygen atoms in total. The highest BCUT2D eigenvalue weighted by atomic mass is 32.1. The van der Waals surface area contributed by atoms with Crippen LogP contribution in [0.3, 0.4) is 0 Å². The first kappa shape index (κ1) is 15.1. The number of nitrogens with one attached hydrogen (secondary N) is 1. The van der Waals surface area contributed by atoms with Crippen LogP contribution in [-0.4, -0.2) is 10.5 Å². The maximum Gasteiger partial charge on any atom is 0.272 e. The zero-order valence-corrected chi connectivity index (χ0v) is 13.2. The molecule has 3 N–H and O–H groups in total. The third-order valence-corrected chi connectivity index (χ3v) is 4.46. The van der Waals surface area contributed by atoms with E-state index < -0.39 is 0 Å².